The molecule has 0 aromatic heterocycles. The molecule has 0 saturated heterocycles. The first-order valence-electron chi connectivity index (χ1n) is 4.18. The van der Waals surface area contributed by atoms with Crippen LogP contribution in [0.5, 0.6) is 0 Å². The van der Waals surface area contributed by atoms with E-state index in [1.165, 1.54) is 0 Å². The van der Waals surface area contributed by atoms with Gasteiger partial charge < -0.3 is 4.48 Å². The molecule has 0 radical (unpaired) electrons. The molecule has 1 aliphatic carbocycles. The number of hydrogen-bond donors (Lipinski definition) is 0. The van der Waals surface area contributed by atoms with Crippen LogP contribution in [0, 0.1) is 0 Å². The Labute approximate surface area is 69.6 Å². The van der Waals surface area contributed by atoms with Gasteiger partial charge in [-0.1, -0.05) is 18.2 Å². The van der Waals surface area contributed by atoms with E-state index < -0.39 is 0 Å². The fraction of sp³-hybridized carbons (Fsp3) is 0.600. The van der Waals surface area contributed by atoms with Crippen LogP contribution >= 0.6 is 0 Å². The van der Waals surface area contributed by atoms with Crippen LogP contribution in [-0.4, -0.2) is 31.7 Å². The molecule has 0 saturated carbocycles. The standard InChI is InChI=1S/C10H18N/c1-9(11(2,3)4)10-7-5-6-8-10/h5-7,9H,8H2,1-4H3/q+1. The Morgan fingerprint density at radius 3 is 2.36 bits per heavy atom. The van der Waals surface area contributed by atoms with Crippen molar-refractivity contribution in [1.29, 1.82) is 0 Å². The summed E-state index contributed by atoms with van der Waals surface area (Å²) in [5.41, 5.74) is 1.55. The highest BCUT2D eigenvalue weighted by molar-refractivity contribution is 5.25. The lowest BCUT2D eigenvalue weighted by molar-refractivity contribution is -0.888. The summed E-state index contributed by atoms with van der Waals surface area (Å²) in [6, 6.07) is 0.644. The molecule has 62 valence electrons. The van der Waals surface area contributed by atoms with E-state index in [1.54, 1.807) is 5.57 Å². The number of rotatable bonds is 2. The Morgan fingerprint density at radius 1 is 1.36 bits per heavy atom. The van der Waals surface area contributed by atoms with E-state index in [-0.39, 0.29) is 0 Å². The van der Waals surface area contributed by atoms with Crippen molar-refractivity contribution in [3.63, 3.8) is 0 Å². The van der Waals surface area contributed by atoms with Gasteiger partial charge in [0.15, 0.2) is 0 Å². The zero-order valence-electron chi connectivity index (χ0n) is 7.96. The Bertz CT molecular complexity index is 193. The summed E-state index contributed by atoms with van der Waals surface area (Å²) >= 11 is 0. The zero-order valence-corrected chi connectivity index (χ0v) is 7.96. The van der Waals surface area contributed by atoms with Gasteiger partial charge in [0.1, 0.15) is 6.04 Å². The smallest absolute Gasteiger partial charge is 0.108 e. The molecule has 1 heteroatoms. The lowest BCUT2D eigenvalue weighted by Gasteiger charge is -2.32. The molecule has 0 fully saturated rings. The number of likely N-dealkylation sites (N-methyl/N-ethyl adjacent to an activating group) is 1. The summed E-state index contributed by atoms with van der Waals surface area (Å²) in [5.74, 6) is 0. The molecular formula is C10H18N+. The predicted octanol–water partition coefficient (Wildman–Crippen LogP) is 1.97. The Balaban J connectivity index is 2.62. The topological polar surface area (TPSA) is 0 Å². The first-order valence-corrected chi connectivity index (χ1v) is 4.18. The molecule has 1 rings (SSSR count). The minimum atomic E-state index is 0.644. The van der Waals surface area contributed by atoms with E-state index in [2.05, 4.69) is 46.3 Å². The molecular weight excluding hydrogens is 134 g/mol. The SMILES string of the molecule is CC(C1=CC=CC1)[N+](C)(C)C. The van der Waals surface area contributed by atoms with Gasteiger partial charge in [-0.2, -0.15) is 0 Å². The highest BCUT2D eigenvalue weighted by Gasteiger charge is 2.22. The van der Waals surface area contributed by atoms with Crippen molar-refractivity contribution in [2.45, 2.75) is 19.4 Å². The minimum absolute atomic E-state index is 0.644. The molecule has 11 heavy (non-hydrogen) atoms. The zero-order chi connectivity index (χ0) is 8.48. The Morgan fingerprint density at radius 2 is 2.00 bits per heavy atom. The summed E-state index contributed by atoms with van der Waals surface area (Å²) in [6.07, 6.45) is 7.77. The lowest BCUT2D eigenvalue weighted by atomic mass is 10.1. The van der Waals surface area contributed by atoms with Gasteiger partial charge in [-0.3, -0.25) is 0 Å². The molecule has 0 N–H and O–H groups in total. The molecule has 1 aliphatic rings. The van der Waals surface area contributed by atoms with Gasteiger partial charge in [0.05, 0.1) is 21.1 Å². The third-order valence-corrected chi connectivity index (χ3v) is 2.50. The number of nitrogens with zero attached hydrogens (tertiary/aromatic N) is 1. The van der Waals surface area contributed by atoms with Gasteiger partial charge in [0, 0.05) is 0 Å². The maximum absolute atomic E-state index is 2.29. The van der Waals surface area contributed by atoms with Crippen molar-refractivity contribution < 1.29 is 4.48 Å². The second-order valence-corrected chi connectivity index (χ2v) is 4.17. The largest absolute Gasteiger partial charge is 0.325 e. The third-order valence-electron chi connectivity index (χ3n) is 2.50. The van der Waals surface area contributed by atoms with Crippen molar-refractivity contribution in [2.75, 3.05) is 21.1 Å². The molecule has 0 aromatic carbocycles. The summed E-state index contributed by atoms with van der Waals surface area (Å²) in [7, 11) is 6.72. The van der Waals surface area contributed by atoms with Crippen LogP contribution in [-0.2, 0) is 0 Å². The number of allylic oxidation sites excluding steroid dienone is 3. The molecule has 1 nitrogen and oxygen atoms in total. The molecule has 1 unspecified atom stereocenters. The second-order valence-electron chi connectivity index (χ2n) is 4.17. The highest BCUT2D eigenvalue weighted by Crippen LogP contribution is 2.20. The van der Waals surface area contributed by atoms with Crippen molar-refractivity contribution in [3.05, 3.63) is 23.8 Å². The van der Waals surface area contributed by atoms with E-state index >= 15 is 0 Å². The van der Waals surface area contributed by atoms with Crippen LogP contribution in [0.1, 0.15) is 13.3 Å². The average molecular weight is 152 g/mol. The summed E-state index contributed by atoms with van der Waals surface area (Å²) < 4.78 is 1.02. The van der Waals surface area contributed by atoms with Gasteiger partial charge >= 0.3 is 0 Å². The van der Waals surface area contributed by atoms with Crippen LogP contribution in [0.25, 0.3) is 0 Å². The Kier molecular flexibility index (Phi) is 2.19. The fourth-order valence-electron chi connectivity index (χ4n) is 1.27. The molecule has 0 bridgehead atoms. The van der Waals surface area contributed by atoms with E-state index in [1.807, 2.05) is 0 Å². The first-order chi connectivity index (χ1) is 5.02. The first kappa shape index (κ1) is 8.54. The summed E-state index contributed by atoms with van der Waals surface area (Å²) in [4.78, 5) is 0. The van der Waals surface area contributed by atoms with Gasteiger partial charge in [0.2, 0.25) is 0 Å². The van der Waals surface area contributed by atoms with Crippen LogP contribution < -0.4 is 0 Å². The van der Waals surface area contributed by atoms with Crippen molar-refractivity contribution in [3.8, 4) is 0 Å². The van der Waals surface area contributed by atoms with E-state index in [0.29, 0.717) is 6.04 Å². The molecule has 0 heterocycles. The quantitative estimate of drug-likeness (QED) is 0.531. The van der Waals surface area contributed by atoms with Crippen molar-refractivity contribution in [1.82, 2.24) is 0 Å². The monoisotopic (exact) mass is 152 g/mol. The van der Waals surface area contributed by atoms with Gasteiger partial charge in [-0.25, -0.2) is 0 Å². The van der Waals surface area contributed by atoms with Crippen LogP contribution in [0.3, 0.4) is 0 Å². The fourth-order valence-corrected chi connectivity index (χ4v) is 1.27. The van der Waals surface area contributed by atoms with Gasteiger partial charge in [0.25, 0.3) is 0 Å². The average Bonchev–Trinajstić information content (AvgIpc) is 2.34. The van der Waals surface area contributed by atoms with E-state index in [4.69, 9.17) is 0 Å². The van der Waals surface area contributed by atoms with E-state index in [0.717, 1.165) is 10.9 Å². The number of hydrogen-bond acceptors (Lipinski definition) is 0. The predicted molar refractivity (Wildman–Crippen MR) is 49.3 cm³/mol. The Hall–Kier alpha value is -0.560. The van der Waals surface area contributed by atoms with Crippen LogP contribution in [0.4, 0.5) is 0 Å². The summed E-state index contributed by atoms with van der Waals surface area (Å²) in [6.45, 7) is 2.29. The number of quaternary nitrogens is 1. The molecule has 0 aromatic rings. The summed E-state index contributed by atoms with van der Waals surface area (Å²) in [5, 5.41) is 0. The normalized spacial score (nSPS) is 20.2. The highest BCUT2D eigenvalue weighted by atomic mass is 15.3. The van der Waals surface area contributed by atoms with Crippen LogP contribution in [0.15, 0.2) is 23.8 Å². The van der Waals surface area contributed by atoms with Gasteiger partial charge in [-0.15, -0.1) is 0 Å². The maximum Gasteiger partial charge on any atom is 0.108 e. The van der Waals surface area contributed by atoms with Crippen LogP contribution in [0.2, 0.25) is 0 Å². The molecule has 0 spiro atoms. The molecule has 1 atom stereocenters. The maximum atomic E-state index is 2.29. The lowest BCUT2D eigenvalue weighted by Crippen LogP contribution is -2.44. The van der Waals surface area contributed by atoms with Gasteiger partial charge in [-0.05, 0) is 18.9 Å². The minimum Gasteiger partial charge on any atom is -0.325 e. The molecule has 0 aliphatic heterocycles. The van der Waals surface area contributed by atoms with E-state index in [9.17, 15) is 0 Å². The third kappa shape index (κ3) is 1.93. The van der Waals surface area contributed by atoms with Crippen molar-refractivity contribution >= 4 is 0 Å². The molecule has 0 amide bonds. The van der Waals surface area contributed by atoms with Crippen molar-refractivity contribution in [2.24, 2.45) is 0 Å². The second kappa shape index (κ2) is 2.82.